The molecule has 0 radical (unpaired) electrons. The molecule has 0 bridgehead atoms. The molecule has 0 amide bonds. The van der Waals surface area contributed by atoms with Crippen molar-refractivity contribution in [3.8, 4) is 6.07 Å². The molecule has 1 aliphatic carbocycles. The number of hydrogen-bond donors (Lipinski definition) is 1. The molecule has 1 saturated carbocycles. The summed E-state index contributed by atoms with van der Waals surface area (Å²) in [4.78, 5) is 11.6. The zero-order valence-electron chi connectivity index (χ0n) is 11.3. The summed E-state index contributed by atoms with van der Waals surface area (Å²) in [5.41, 5.74) is -0.340. The molecule has 19 heavy (non-hydrogen) atoms. The highest BCUT2D eigenvalue weighted by Crippen LogP contribution is 2.66. The van der Waals surface area contributed by atoms with E-state index in [1.807, 2.05) is 51.1 Å². The summed E-state index contributed by atoms with van der Waals surface area (Å²) in [6, 6.07) is 11.5. The van der Waals surface area contributed by atoms with E-state index in [4.69, 9.17) is 0 Å². The summed E-state index contributed by atoms with van der Waals surface area (Å²) < 4.78 is -0.0637. The van der Waals surface area contributed by atoms with Crippen molar-refractivity contribution >= 4 is 17.7 Å². The van der Waals surface area contributed by atoms with Gasteiger partial charge in [-0.3, -0.25) is 4.79 Å². The lowest BCUT2D eigenvalue weighted by Gasteiger charge is -2.17. The highest BCUT2D eigenvalue weighted by molar-refractivity contribution is 8.01. The Hall–Kier alpha value is -1.47. The third kappa shape index (κ3) is 2.35. The highest BCUT2D eigenvalue weighted by atomic mass is 32.2. The number of carboxylic acids is 1. The van der Waals surface area contributed by atoms with Crippen LogP contribution in [0.4, 0.5) is 0 Å². The second-order valence-electron chi connectivity index (χ2n) is 5.83. The number of thioether (sulfide) groups is 1. The Kier molecular flexibility index (Phi) is 3.36. The standard InChI is InChI=1S/C15H17NO2S/c1-14(2,3)19-12-11(10-7-5-4-6-8-10)15(12,9-16)13(17)18/h4-8,11-12H,1-3H3,(H,17,18). The van der Waals surface area contributed by atoms with Crippen LogP contribution in [0.25, 0.3) is 0 Å². The van der Waals surface area contributed by atoms with Crippen molar-refractivity contribution in [3.63, 3.8) is 0 Å². The molecular weight excluding hydrogens is 258 g/mol. The van der Waals surface area contributed by atoms with Crippen molar-refractivity contribution in [1.82, 2.24) is 0 Å². The lowest BCUT2D eigenvalue weighted by atomic mass is 10.0. The van der Waals surface area contributed by atoms with Crippen LogP contribution in [0, 0.1) is 16.7 Å². The Morgan fingerprint density at radius 3 is 2.37 bits per heavy atom. The Morgan fingerprint density at radius 2 is 1.95 bits per heavy atom. The van der Waals surface area contributed by atoms with Crippen molar-refractivity contribution in [2.45, 2.75) is 36.7 Å². The summed E-state index contributed by atoms with van der Waals surface area (Å²) in [5, 5.41) is 18.7. The molecule has 1 aromatic rings. The number of rotatable bonds is 3. The van der Waals surface area contributed by atoms with Crippen LogP contribution in [0.5, 0.6) is 0 Å². The molecule has 0 aliphatic heterocycles. The Morgan fingerprint density at radius 1 is 1.37 bits per heavy atom. The molecule has 3 unspecified atom stereocenters. The third-order valence-corrected chi connectivity index (χ3v) is 4.92. The van der Waals surface area contributed by atoms with E-state index in [9.17, 15) is 15.2 Å². The Labute approximate surface area is 117 Å². The number of aliphatic carboxylic acids is 1. The number of hydrogen-bond acceptors (Lipinski definition) is 3. The van der Waals surface area contributed by atoms with Gasteiger partial charge in [-0.2, -0.15) is 5.26 Å². The van der Waals surface area contributed by atoms with Gasteiger partial charge in [0.25, 0.3) is 0 Å². The van der Waals surface area contributed by atoms with E-state index in [1.165, 1.54) is 0 Å². The molecular formula is C15H17NO2S. The number of benzene rings is 1. The molecule has 100 valence electrons. The second kappa shape index (κ2) is 4.57. The summed E-state index contributed by atoms with van der Waals surface area (Å²) in [5.74, 6) is -1.23. The smallest absolute Gasteiger partial charge is 0.325 e. The average Bonchev–Trinajstić information content (AvgIpc) is 2.96. The molecule has 3 atom stereocenters. The van der Waals surface area contributed by atoms with E-state index in [0.29, 0.717) is 0 Å². The molecule has 0 heterocycles. The van der Waals surface area contributed by atoms with Crippen LogP contribution < -0.4 is 0 Å². The first-order valence-electron chi connectivity index (χ1n) is 6.20. The fraction of sp³-hybridized carbons (Fsp3) is 0.467. The Bertz CT molecular complexity index is 529. The van der Waals surface area contributed by atoms with Crippen LogP contribution in [0.3, 0.4) is 0 Å². The van der Waals surface area contributed by atoms with Crippen LogP contribution in [-0.4, -0.2) is 21.1 Å². The first kappa shape index (κ1) is 14.0. The number of carboxylic acid groups (broad SMARTS) is 1. The minimum Gasteiger partial charge on any atom is -0.480 e. The number of carbonyl (C=O) groups is 1. The van der Waals surface area contributed by atoms with E-state index in [0.717, 1.165) is 5.56 Å². The number of nitrogens with zero attached hydrogens (tertiary/aromatic N) is 1. The van der Waals surface area contributed by atoms with Gasteiger partial charge in [0.05, 0.1) is 6.07 Å². The zero-order valence-corrected chi connectivity index (χ0v) is 12.1. The van der Waals surface area contributed by atoms with Crippen molar-refractivity contribution in [2.24, 2.45) is 5.41 Å². The van der Waals surface area contributed by atoms with E-state index in [1.54, 1.807) is 11.8 Å². The lowest BCUT2D eigenvalue weighted by molar-refractivity contribution is -0.141. The molecule has 0 spiro atoms. The number of nitriles is 1. The molecule has 3 nitrogen and oxygen atoms in total. The van der Waals surface area contributed by atoms with Gasteiger partial charge in [0, 0.05) is 15.9 Å². The van der Waals surface area contributed by atoms with Gasteiger partial charge >= 0.3 is 5.97 Å². The van der Waals surface area contributed by atoms with Gasteiger partial charge in [-0.05, 0) is 5.56 Å². The average molecular weight is 275 g/mol. The fourth-order valence-electron chi connectivity index (χ4n) is 2.43. The van der Waals surface area contributed by atoms with Gasteiger partial charge in [0.15, 0.2) is 5.41 Å². The monoisotopic (exact) mass is 275 g/mol. The lowest BCUT2D eigenvalue weighted by Crippen LogP contribution is -2.19. The first-order valence-corrected chi connectivity index (χ1v) is 7.08. The van der Waals surface area contributed by atoms with Crippen molar-refractivity contribution in [3.05, 3.63) is 35.9 Å². The van der Waals surface area contributed by atoms with Gasteiger partial charge in [-0.15, -0.1) is 11.8 Å². The molecule has 1 aromatic carbocycles. The normalized spacial score (nSPS) is 29.6. The first-order chi connectivity index (χ1) is 8.83. The fourth-order valence-corrected chi connectivity index (χ4v) is 4.11. The topological polar surface area (TPSA) is 61.1 Å². The third-order valence-electron chi connectivity index (χ3n) is 3.31. The van der Waals surface area contributed by atoms with Gasteiger partial charge in [-0.25, -0.2) is 0 Å². The summed E-state index contributed by atoms with van der Waals surface area (Å²) >= 11 is 1.58. The van der Waals surface area contributed by atoms with Crippen molar-refractivity contribution in [1.29, 1.82) is 5.26 Å². The summed E-state index contributed by atoms with van der Waals surface area (Å²) in [6.45, 7) is 6.13. The van der Waals surface area contributed by atoms with Crippen LogP contribution in [0.2, 0.25) is 0 Å². The van der Waals surface area contributed by atoms with Gasteiger partial charge in [0.2, 0.25) is 0 Å². The maximum absolute atomic E-state index is 11.6. The van der Waals surface area contributed by atoms with Gasteiger partial charge in [-0.1, -0.05) is 51.1 Å². The SMILES string of the molecule is CC(C)(C)SC1C(c2ccccc2)C1(C#N)C(=O)O. The predicted molar refractivity (Wildman–Crippen MR) is 76.0 cm³/mol. The minimum absolute atomic E-state index is 0.0637. The largest absolute Gasteiger partial charge is 0.480 e. The maximum Gasteiger partial charge on any atom is 0.325 e. The summed E-state index contributed by atoms with van der Waals surface area (Å²) in [7, 11) is 0. The van der Waals surface area contributed by atoms with Gasteiger partial charge in [0.1, 0.15) is 0 Å². The van der Waals surface area contributed by atoms with Crippen LogP contribution >= 0.6 is 11.8 Å². The maximum atomic E-state index is 11.6. The highest BCUT2D eigenvalue weighted by Gasteiger charge is 2.72. The van der Waals surface area contributed by atoms with E-state index >= 15 is 0 Å². The Balaban J connectivity index is 2.37. The molecule has 1 fully saturated rings. The minimum atomic E-state index is -1.28. The van der Waals surface area contributed by atoms with E-state index < -0.39 is 11.4 Å². The molecule has 1 aliphatic rings. The van der Waals surface area contributed by atoms with Crippen LogP contribution in [0.1, 0.15) is 32.3 Å². The molecule has 0 aromatic heterocycles. The van der Waals surface area contributed by atoms with Gasteiger partial charge < -0.3 is 5.11 Å². The molecule has 1 N–H and O–H groups in total. The van der Waals surface area contributed by atoms with Crippen molar-refractivity contribution in [2.75, 3.05) is 0 Å². The quantitative estimate of drug-likeness (QED) is 0.919. The predicted octanol–water partition coefficient (Wildman–Crippen LogP) is 3.28. The molecule has 0 saturated heterocycles. The molecule has 2 rings (SSSR count). The summed E-state index contributed by atoms with van der Waals surface area (Å²) in [6.07, 6.45) is 0. The van der Waals surface area contributed by atoms with E-state index in [-0.39, 0.29) is 15.9 Å². The van der Waals surface area contributed by atoms with Crippen LogP contribution in [-0.2, 0) is 4.79 Å². The van der Waals surface area contributed by atoms with Crippen molar-refractivity contribution < 1.29 is 9.90 Å². The molecule has 4 heteroatoms. The van der Waals surface area contributed by atoms with E-state index in [2.05, 4.69) is 6.07 Å². The zero-order chi connectivity index (χ0) is 14.3. The second-order valence-corrected chi connectivity index (χ2v) is 7.79. The van der Waals surface area contributed by atoms with Crippen LogP contribution in [0.15, 0.2) is 30.3 Å².